The molecule has 0 amide bonds. The molecule has 1 heterocycles. The number of hydrogen-bond donors (Lipinski definition) is 0. The third kappa shape index (κ3) is 8.74. The zero-order valence-electron chi connectivity index (χ0n) is 17.2. The van der Waals surface area contributed by atoms with Crippen LogP contribution in [0.15, 0.2) is 35.9 Å². The highest BCUT2D eigenvalue weighted by molar-refractivity contribution is 5.50. The van der Waals surface area contributed by atoms with Gasteiger partial charge in [0, 0.05) is 18.8 Å². The standard InChI is InChI=1S/C18H24N2O.2C2H6/c1-14(2)10-15(3)13-21-18-8-9-20(12-18)17-6-4-16(11-19)5-7-17;2*1-2/h4-7,10,14,18H,8-9,12-13H2,1-3H3;2*1-2H3/b15-10-;;. The Bertz CT molecular complexity index is 526. The lowest BCUT2D eigenvalue weighted by atomic mass is 10.1. The van der Waals surface area contributed by atoms with E-state index < -0.39 is 0 Å². The van der Waals surface area contributed by atoms with Crippen LogP contribution in [0.25, 0.3) is 0 Å². The van der Waals surface area contributed by atoms with Crippen LogP contribution in [0.1, 0.15) is 60.5 Å². The molecule has 2 rings (SSSR count). The molecule has 1 atom stereocenters. The van der Waals surface area contributed by atoms with Gasteiger partial charge in [-0.2, -0.15) is 5.26 Å². The molecule has 140 valence electrons. The van der Waals surface area contributed by atoms with Crippen molar-refractivity contribution in [3.05, 3.63) is 41.5 Å². The highest BCUT2D eigenvalue weighted by atomic mass is 16.5. The molecule has 1 unspecified atom stereocenters. The first-order valence-electron chi connectivity index (χ1n) is 9.62. The molecule has 1 fully saturated rings. The van der Waals surface area contributed by atoms with Gasteiger partial charge in [0.05, 0.1) is 24.3 Å². The number of ether oxygens (including phenoxy) is 1. The molecule has 0 N–H and O–H groups in total. The van der Waals surface area contributed by atoms with E-state index in [2.05, 4.69) is 37.8 Å². The average molecular weight is 345 g/mol. The summed E-state index contributed by atoms with van der Waals surface area (Å²) in [4.78, 5) is 2.33. The molecule has 25 heavy (non-hydrogen) atoms. The zero-order valence-corrected chi connectivity index (χ0v) is 17.2. The van der Waals surface area contributed by atoms with Crippen molar-refractivity contribution >= 4 is 5.69 Å². The molecular weight excluding hydrogens is 308 g/mol. The van der Waals surface area contributed by atoms with Crippen molar-refractivity contribution in [3.63, 3.8) is 0 Å². The largest absolute Gasteiger partial charge is 0.372 e. The second-order valence-corrected chi connectivity index (χ2v) is 6.08. The summed E-state index contributed by atoms with van der Waals surface area (Å²) in [5.74, 6) is 0.576. The van der Waals surface area contributed by atoms with E-state index in [9.17, 15) is 0 Å². The topological polar surface area (TPSA) is 36.3 Å². The SMILES string of the molecule is C/C(=C/C(C)C)COC1CCN(c2ccc(C#N)cc2)C1.CC.CC. The highest BCUT2D eigenvalue weighted by Crippen LogP contribution is 2.22. The van der Waals surface area contributed by atoms with Crippen LogP contribution in [-0.2, 0) is 4.74 Å². The predicted octanol–water partition coefficient (Wildman–Crippen LogP) is 5.81. The Morgan fingerprint density at radius 2 is 1.84 bits per heavy atom. The summed E-state index contributed by atoms with van der Waals surface area (Å²) in [7, 11) is 0. The molecule has 1 aliphatic rings. The predicted molar refractivity (Wildman–Crippen MR) is 109 cm³/mol. The molecule has 0 aromatic heterocycles. The fraction of sp³-hybridized carbons (Fsp3) is 0.591. The first kappa shape index (κ1) is 23.2. The quantitative estimate of drug-likeness (QED) is 0.633. The van der Waals surface area contributed by atoms with Crippen LogP contribution in [0, 0.1) is 17.2 Å². The molecule has 3 heteroatoms. The van der Waals surface area contributed by atoms with E-state index in [1.165, 1.54) is 11.3 Å². The van der Waals surface area contributed by atoms with Gasteiger partial charge in [0.15, 0.2) is 0 Å². The summed E-state index contributed by atoms with van der Waals surface area (Å²) in [5, 5.41) is 8.83. The maximum Gasteiger partial charge on any atom is 0.0991 e. The molecule has 1 aromatic carbocycles. The van der Waals surface area contributed by atoms with Crippen LogP contribution in [0.5, 0.6) is 0 Å². The van der Waals surface area contributed by atoms with E-state index in [1.54, 1.807) is 0 Å². The first-order valence-corrected chi connectivity index (χ1v) is 9.62. The fourth-order valence-corrected chi connectivity index (χ4v) is 2.71. The maximum atomic E-state index is 8.83. The van der Waals surface area contributed by atoms with Gasteiger partial charge in [-0.05, 0) is 43.5 Å². The van der Waals surface area contributed by atoms with Crippen molar-refractivity contribution in [2.45, 2.75) is 61.0 Å². The number of rotatable bonds is 5. The lowest BCUT2D eigenvalue weighted by molar-refractivity contribution is 0.0856. The molecule has 0 saturated carbocycles. The highest BCUT2D eigenvalue weighted by Gasteiger charge is 2.23. The smallest absolute Gasteiger partial charge is 0.0991 e. The Morgan fingerprint density at radius 1 is 1.24 bits per heavy atom. The molecule has 0 bridgehead atoms. The number of anilines is 1. The van der Waals surface area contributed by atoms with Gasteiger partial charge < -0.3 is 9.64 Å². The Hall–Kier alpha value is -1.79. The Labute approximate surface area is 155 Å². The van der Waals surface area contributed by atoms with Gasteiger partial charge in [-0.25, -0.2) is 0 Å². The van der Waals surface area contributed by atoms with E-state index in [1.807, 2.05) is 52.0 Å². The molecule has 1 saturated heterocycles. The lowest BCUT2D eigenvalue weighted by Crippen LogP contribution is -2.23. The third-order valence-corrected chi connectivity index (χ3v) is 3.67. The van der Waals surface area contributed by atoms with Crippen molar-refractivity contribution in [2.24, 2.45) is 5.92 Å². The molecule has 1 aliphatic heterocycles. The first-order chi connectivity index (χ1) is 12.1. The average Bonchev–Trinajstić information content (AvgIpc) is 3.12. The van der Waals surface area contributed by atoms with Gasteiger partial charge >= 0.3 is 0 Å². The summed E-state index contributed by atoms with van der Waals surface area (Å²) in [6, 6.07) is 9.94. The number of nitriles is 1. The van der Waals surface area contributed by atoms with Crippen LogP contribution in [-0.4, -0.2) is 25.8 Å². The van der Waals surface area contributed by atoms with Gasteiger partial charge in [0.25, 0.3) is 0 Å². The van der Waals surface area contributed by atoms with Crippen molar-refractivity contribution in [1.82, 2.24) is 0 Å². The van der Waals surface area contributed by atoms with Crippen LogP contribution in [0.2, 0.25) is 0 Å². The molecule has 1 aromatic rings. The van der Waals surface area contributed by atoms with Gasteiger partial charge in [0.1, 0.15) is 0 Å². The Balaban J connectivity index is 0.00000134. The second kappa shape index (κ2) is 13.5. The minimum Gasteiger partial charge on any atom is -0.372 e. The van der Waals surface area contributed by atoms with Crippen LogP contribution >= 0.6 is 0 Å². The van der Waals surface area contributed by atoms with Crippen LogP contribution < -0.4 is 4.90 Å². The minimum atomic E-state index is 0.302. The fourth-order valence-electron chi connectivity index (χ4n) is 2.71. The lowest BCUT2D eigenvalue weighted by Gasteiger charge is -2.19. The summed E-state index contributed by atoms with van der Waals surface area (Å²) in [6.45, 7) is 17.2. The normalized spacial score (nSPS) is 16.5. The summed E-state index contributed by atoms with van der Waals surface area (Å²) in [5.41, 5.74) is 3.19. The molecule has 0 aliphatic carbocycles. The third-order valence-electron chi connectivity index (χ3n) is 3.67. The minimum absolute atomic E-state index is 0.302. The van der Waals surface area contributed by atoms with Crippen molar-refractivity contribution < 1.29 is 4.74 Å². The summed E-state index contributed by atoms with van der Waals surface area (Å²) in [6.07, 6.45) is 3.62. The van der Waals surface area contributed by atoms with Crippen molar-refractivity contribution in [2.75, 3.05) is 24.6 Å². The molecule has 3 nitrogen and oxygen atoms in total. The molecular formula is C22H36N2O. The van der Waals surface area contributed by atoms with Gasteiger partial charge in [-0.1, -0.05) is 53.2 Å². The van der Waals surface area contributed by atoms with Gasteiger partial charge in [-0.3, -0.25) is 0 Å². The van der Waals surface area contributed by atoms with E-state index in [4.69, 9.17) is 10.00 Å². The zero-order chi connectivity index (χ0) is 19.2. The van der Waals surface area contributed by atoms with Crippen molar-refractivity contribution in [1.29, 1.82) is 5.26 Å². The monoisotopic (exact) mass is 344 g/mol. The van der Waals surface area contributed by atoms with Crippen molar-refractivity contribution in [3.8, 4) is 6.07 Å². The maximum absolute atomic E-state index is 8.83. The van der Waals surface area contributed by atoms with Crippen LogP contribution in [0.3, 0.4) is 0 Å². The summed E-state index contributed by atoms with van der Waals surface area (Å²) < 4.78 is 6.00. The van der Waals surface area contributed by atoms with Crippen LogP contribution in [0.4, 0.5) is 5.69 Å². The van der Waals surface area contributed by atoms with Gasteiger partial charge in [-0.15, -0.1) is 0 Å². The number of benzene rings is 1. The van der Waals surface area contributed by atoms with E-state index in [0.717, 1.165) is 26.1 Å². The van der Waals surface area contributed by atoms with Gasteiger partial charge in [0.2, 0.25) is 0 Å². The number of hydrogen-bond acceptors (Lipinski definition) is 3. The number of allylic oxidation sites excluding steroid dienone is 1. The summed E-state index contributed by atoms with van der Waals surface area (Å²) >= 11 is 0. The second-order valence-electron chi connectivity index (χ2n) is 6.08. The molecule has 0 spiro atoms. The van der Waals surface area contributed by atoms with E-state index in [0.29, 0.717) is 17.6 Å². The van der Waals surface area contributed by atoms with E-state index in [-0.39, 0.29) is 0 Å². The molecule has 0 radical (unpaired) electrons. The Morgan fingerprint density at radius 3 is 2.36 bits per heavy atom. The number of nitrogens with zero attached hydrogens (tertiary/aromatic N) is 2. The van der Waals surface area contributed by atoms with E-state index >= 15 is 0 Å². The Kier molecular flexibility index (Phi) is 12.5.